The Hall–Kier alpha value is -3.48. The van der Waals surface area contributed by atoms with E-state index in [1.165, 1.54) is 0 Å². The van der Waals surface area contributed by atoms with Crippen molar-refractivity contribution in [2.24, 2.45) is 5.92 Å². The molecular weight excluding hydrogens is 402 g/mol. The van der Waals surface area contributed by atoms with E-state index in [4.69, 9.17) is 4.98 Å². The number of amides is 2. The third kappa shape index (κ3) is 4.56. The van der Waals surface area contributed by atoms with Gasteiger partial charge in [0, 0.05) is 55.4 Å². The highest BCUT2D eigenvalue weighted by atomic mass is 16.2. The number of benzene rings is 1. The van der Waals surface area contributed by atoms with Gasteiger partial charge in [0.1, 0.15) is 5.82 Å². The standard InChI is InChI=1S/C25H29N5O2/c1-16(2)14-28-24(31)20-13-22(29-21-7-5-4-6-19(20)21)18-9-11-30(15-18)25(32)17-8-10-27-23(12-17)26-3/h4-8,10,12-13,16,18H,9,11,14-15H2,1-3H3,(H,26,27)(H,28,31)/t18-/m1/s1. The average Bonchev–Trinajstić information content (AvgIpc) is 3.31. The second-order valence-corrected chi connectivity index (χ2v) is 8.63. The summed E-state index contributed by atoms with van der Waals surface area (Å²) in [4.78, 5) is 36.8. The van der Waals surface area contributed by atoms with Gasteiger partial charge in [0.2, 0.25) is 0 Å². The molecule has 0 aliphatic carbocycles. The summed E-state index contributed by atoms with van der Waals surface area (Å²) in [5.41, 5.74) is 2.92. The molecule has 1 aliphatic heterocycles. The van der Waals surface area contributed by atoms with Crippen molar-refractivity contribution in [2.75, 3.05) is 32.0 Å². The summed E-state index contributed by atoms with van der Waals surface area (Å²) in [7, 11) is 1.78. The van der Waals surface area contributed by atoms with Gasteiger partial charge in [-0.15, -0.1) is 0 Å². The Morgan fingerprint density at radius 3 is 2.78 bits per heavy atom. The van der Waals surface area contributed by atoms with Crippen LogP contribution in [-0.4, -0.2) is 53.4 Å². The van der Waals surface area contributed by atoms with E-state index in [1.54, 1.807) is 25.4 Å². The third-order valence-electron chi connectivity index (χ3n) is 5.81. The molecule has 7 heteroatoms. The predicted molar refractivity (Wildman–Crippen MR) is 126 cm³/mol. The summed E-state index contributed by atoms with van der Waals surface area (Å²) < 4.78 is 0. The number of carbonyl (C=O) groups is 2. The molecule has 0 saturated carbocycles. The van der Waals surface area contributed by atoms with E-state index in [0.717, 1.165) is 23.0 Å². The molecule has 7 nitrogen and oxygen atoms in total. The fourth-order valence-electron chi connectivity index (χ4n) is 4.05. The average molecular weight is 432 g/mol. The fraction of sp³-hybridized carbons (Fsp3) is 0.360. The van der Waals surface area contributed by atoms with E-state index in [2.05, 4.69) is 29.5 Å². The normalized spacial score (nSPS) is 15.9. The summed E-state index contributed by atoms with van der Waals surface area (Å²) in [6.45, 7) is 6.00. The zero-order chi connectivity index (χ0) is 22.7. The van der Waals surface area contributed by atoms with Crippen LogP contribution in [-0.2, 0) is 0 Å². The molecule has 1 fully saturated rings. The Labute approximate surface area is 188 Å². The smallest absolute Gasteiger partial charge is 0.254 e. The van der Waals surface area contributed by atoms with Gasteiger partial charge in [-0.05, 0) is 36.6 Å². The zero-order valence-electron chi connectivity index (χ0n) is 18.8. The van der Waals surface area contributed by atoms with Crippen LogP contribution in [0.4, 0.5) is 5.82 Å². The number of para-hydroxylation sites is 1. The quantitative estimate of drug-likeness (QED) is 0.622. The number of aromatic nitrogens is 2. The fourth-order valence-corrected chi connectivity index (χ4v) is 4.05. The maximum atomic E-state index is 13.0. The van der Waals surface area contributed by atoms with Crippen LogP contribution in [0.2, 0.25) is 0 Å². The Morgan fingerprint density at radius 2 is 2.00 bits per heavy atom. The van der Waals surface area contributed by atoms with Crippen LogP contribution in [0, 0.1) is 5.92 Å². The van der Waals surface area contributed by atoms with E-state index in [1.807, 2.05) is 35.2 Å². The Bertz CT molecular complexity index is 1140. The minimum absolute atomic E-state index is 0.0120. The van der Waals surface area contributed by atoms with Crippen molar-refractivity contribution >= 4 is 28.5 Å². The highest BCUT2D eigenvalue weighted by Crippen LogP contribution is 2.30. The van der Waals surface area contributed by atoms with E-state index in [0.29, 0.717) is 42.5 Å². The molecule has 1 saturated heterocycles. The summed E-state index contributed by atoms with van der Waals surface area (Å²) in [5.74, 6) is 1.03. The largest absolute Gasteiger partial charge is 0.373 e. The molecule has 4 rings (SSSR count). The molecule has 2 amide bonds. The summed E-state index contributed by atoms with van der Waals surface area (Å²) >= 11 is 0. The molecule has 1 aromatic carbocycles. The van der Waals surface area contributed by atoms with Crippen molar-refractivity contribution in [3.05, 3.63) is 65.5 Å². The topological polar surface area (TPSA) is 87.2 Å². The highest BCUT2D eigenvalue weighted by molar-refractivity contribution is 6.06. The van der Waals surface area contributed by atoms with Crippen LogP contribution >= 0.6 is 0 Å². The third-order valence-corrected chi connectivity index (χ3v) is 5.81. The molecule has 3 aromatic rings. The molecule has 32 heavy (non-hydrogen) atoms. The second kappa shape index (κ2) is 9.34. The van der Waals surface area contributed by atoms with Crippen molar-refractivity contribution in [3.63, 3.8) is 0 Å². The first-order valence-electron chi connectivity index (χ1n) is 11.1. The van der Waals surface area contributed by atoms with Crippen LogP contribution < -0.4 is 10.6 Å². The lowest BCUT2D eigenvalue weighted by Gasteiger charge is -2.18. The molecule has 0 bridgehead atoms. The number of hydrogen-bond acceptors (Lipinski definition) is 5. The zero-order valence-corrected chi connectivity index (χ0v) is 18.8. The summed E-state index contributed by atoms with van der Waals surface area (Å²) in [6.07, 6.45) is 2.45. The van der Waals surface area contributed by atoms with Gasteiger partial charge in [-0.3, -0.25) is 14.6 Å². The van der Waals surface area contributed by atoms with Gasteiger partial charge in [-0.1, -0.05) is 32.0 Å². The van der Waals surface area contributed by atoms with Crippen molar-refractivity contribution in [1.29, 1.82) is 0 Å². The highest BCUT2D eigenvalue weighted by Gasteiger charge is 2.30. The SMILES string of the molecule is CNc1cc(C(=O)N2CC[C@@H](c3cc(C(=O)NCC(C)C)c4ccccc4n3)C2)ccn1. The van der Waals surface area contributed by atoms with E-state index < -0.39 is 0 Å². The van der Waals surface area contributed by atoms with Crippen LogP contribution in [0.3, 0.4) is 0 Å². The van der Waals surface area contributed by atoms with Crippen molar-refractivity contribution in [2.45, 2.75) is 26.2 Å². The van der Waals surface area contributed by atoms with Gasteiger partial charge in [-0.25, -0.2) is 4.98 Å². The number of rotatable bonds is 6. The number of nitrogens with zero attached hydrogens (tertiary/aromatic N) is 3. The van der Waals surface area contributed by atoms with Crippen molar-refractivity contribution < 1.29 is 9.59 Å². The van der Waals surface area contributed by atoms with Crippen LogP contribution in [0.5, 0.6) is 0 Å². The van der Waals surface area contributed by atoms with Gasteiger partial charge in [0.25, 0.3) is 11.8 Å². The van der Waals surface area contributed by atoms with E-state index in [-0.39, 0.29) is 17.7 Å². The number of anilines is 1. The number of likely N-dealkylation sites (tertiary alicyclic amines) is 1. The first kappa shape index (κ1) is 21.7. The van der Waals surface area contributed by atoms with E-state index >= 15 is 0 Å². The second-order valence-electron chi connectivity index (χ2n) is 8.63. The molecule has 0 radical (unpaired) electrons. The van der Waals surface area contributed by atoms with Crippen LogP contribution in [0.1, 0.15) is 52.6 Å². The number of pyridine rings is 2. The predicted octanol–water partition coefficient (Wildman–Crippen LogP) is 3.69. The van der Waals surface area contributed by atoms with Gasteiger partial charge < -0.3 is 15.5 Å². The number of carbonyl (C=O) groups excluding carboxylic acids is 2. The molecule has 1 aliphatic rings. The molecule has 1 atom stereocenters. The molecule has 166 valence electrons. The maximum Gasteiger partial charge on any atom is 0.254 e. The summed E-state index contributed by atoms with van der Waals surface area (Å²) in [5, 5.41) is 6.84. The molecule has 0 spiro atoms. The summed E-state index contributed by atoms with van der Waals surface area (Å²) in [6, 6.07) is 13.1. The monoisotopic (exact) mass is 431 g/mol. The van der Waals surface area contributed by atoms with E-state index in [9.17, 15) is 9.59 Å². The minimum atomic E-state index is -0.0825. The number of hydrogen-bond donors (Lipinski definition) is 2. The lowest BCUT2D eigenvalue weighted by Crippen LogP contribution is -2.29. The number of nitrogens with one attached hydrogen (secondary N) is 2. The Balaban J connectivity index is 1.58. The lowest BCUT2D eigenvalue weighted by molar-refractivity contribution is 0.0790. The minimum Gasteiger partial charge on any atom is -0.373 e. The van der Waals surface area contributed by atoms with Crippen molar-refractivity contribution in [1.82, 2.24) is 20.2 Å². The van der Waals surface area contributed by atoms with Gasteiger partial charge >= 0.3 is 0 Å². The Morgan fingerprint density at radius 1 is 1.19 bits per heavy atom. The lowest BCUT2D eigenvalue weighted by atomic mass is 9.99. The molecular formula is C25H29N5O2. The molecule has 2 N–H and O–H groups in total. The maximum absolute atomic E-state index is 13.0. The Kier molecular flexibility index (Phi) is 6.35. The van der Waals surface area contributed by atoms with Gasteiger partial charge in [0.15, 0.2) is 0 Å². The van der Waals surface area contributed by atoms with Gasteiger partial charge in [-0.2, -0.15) is 0 Å². The van der Waals surface area contributed by atoms with Crippen LogP contribution in [0.15, 0.2) is 48.7 Å². The van der Waals surface area contributed by atoms with Crippen molar-refractivity contribution in [3.8, 4) is 0 Å². The van der Waals surface area contributed by atoms with Gasteiger partial charge in [0.05, 0.1) is 11.1 Å². The van der Waals surface area contributed by atoms with Crippen LogP contribution in [0.25, 0.3) is 10.9 Å². The molecule has 3 heterocycles. The first-order valence-corrected chi connectivity index (χ1v) is 11.1. The molecule has 2 aromatic heterocycles. The number of fused-ring (bicyclic) bond motifs is 1. The first-order chi connectivity index (χ1) is 15.5. The molecule has 0 unspecified atom stereocenters.